The average Bonchev–Trinajstić information content (AvgIpc) is 2.80. The lowest BCUT2D eigenvalue weighted by atomic mass is 10.1. The van der Waals surface area contributed by atoms with E-state index in [2.05, 4.69) is 34.3 Å². The first-order chi connectivity index (χ1) is 15.8. The number of aryl methyl sites for hydroxylation is 2. The van der Waals surface area contributed by atoms with Gasteiger partial charge in [-0.25, -0.2) is 8.42 Å². The molecule has 0 radical (unpaired) electrons. The summed E-state index contributed by atoms with van der Waals surface area (Å²) in [6.07, 6.45) is 1.93. The number of amides is 1. The average molecular weight is 469 g/mol. The number of carbonyl (C=O) groups excluding carboxylic acids is 1. The normalized spacial score (nSPS) is 11.0. The lowest BCUT2D eigenvalue weighted by Crippen LogP contribution is -2.14. The molecule has 3 rings (SSSR count). The van der Waals surface area contributed by atoms with Crippen molar-refractivity contribution in [3.63, 3.8) is 0 Å². The minimum absolute atomic E-state index is 0.0599. The van der Waals surface area contributed by atoms with Gasteiger partial charge in [-0.1, -0.05) is 29.8 Å². The van der Waals surface area contributed by atoms with Gasteiger partial charge in [-0.2, -0.15) is 0 Å². The highest BCUT2D eigenvalue weighted by Gasteiger charge is 2.17. The summed E-state index contributed by atoms with van der Waals surface area (Å²) in [5, 5.41) is 2.81. The third-order valence-corrected chi connectivity index (χ3v) is 6.47. The summed E-state index contributed by atoms with van der Waals surface area (Å²) in [4.78, 5) is 12.3. The zero-order valence-corrected chi connectivity index (χ0v) is 19.7. The fourth-order valence-corrected chi connectivity index (χ4v) is 4.31. The minimum Gasteiger partial charge on any atom is -0.497 e. The Morgan fingerprint density at radius 3 is 2.24 bits per heavy atom. The molecule has 2 N–H and O–H groups in total. The van der Waals surface area contributed by atoms with Crippen LogP contribution in [0.3, 0.4) is 0 Å². The first-order valence-electron chi connectivity index (χ1n) is 10.5. The van der Waals surface area contributed by atoms with E-state index in [1.807, 2.05) is 6.92 Å². The number of methoxy groups -OCH3 is 2. The quantitative estimate of drug-likeness (QED) is 0.447. The minimum atomic E-state index is -3.86. The van der Waals surface area contributed by atoms with E-state index in [4.69, 9.17) is 9.47 Å². The number of rotatable bonds is 10. The van der Waals surface area contributed by atoms with E-state index in [-0.39, 0.29) is 16.5 Å². The predicted molar refractivity (Wildman–Crippen MR) is 130 cm³/mol. The molecule has 8 heteroatoms. The van der Waals surface area contributed by atoms with E-state index in [1.54, 1.807) is 30.3 Å². The second-order valence-corrected chi connectivity index (χ2v) is 9.27. The van der Waals surface area contributed by atoms with E-state index in [9.17, 15) is 13.2 Å². The zero-order chi connectivity index (χ0) is 23.8. The Morgan fingerprint density at radius 1 is 0.909 bits per heavy atom. The standard InChI is InChI=1S/C25H28N2O5S/c1-18-7-9-19(10-8-18)5-4-6-25(28)26-20-11-14-22(15-12-20)33(29,30)27-23-17-21(31-2)13-16-24(23)32-3/h7-17,27H,4-6H2,1-3H3,(H,26,28). The van der Waals surface area contributed by atoms with Crippen LogP contribution in [0.1, 0.15) is 24.0 Å². The molecule has 174 valence electrons. The van der Waals surface area contributed by atoms with Crippen LogP contribution in [-0.2, 0) is 21.2 Å². The molecule has 0 fully saturated rings. The highest BCUT2D eigenvalue weighted by molar-refractivity contribution is 7.92. The summed E-state index contributed by atoms with van der Waals surface area (Å²) in [5.41, 5.74) is 3.21. The van der Waals surface area contributed by atoms with Gasteiger partial charge in [0.2, 0.25) is 5.91 Å². The number of hydrogen-bond acceptors (Lipinski definition) is 5. The van der Waals surface area contributed by atoms with Crippen molar-refractivity contribution in [2.45, 2.75) is 31.1 Å². The Bertz CT molecular complexity index is 1190. The van der Waals surface area contributed by atoms with Crippen LogP contribution in [0.5, 0.6) is 11.5 Å². The fourth-order valence-electron chi connectivity index (χ4n) is 3.25. The number of ether oxygens (including phenoxy) is 2. The van der Waals surface area contributed by atoms with Crippen LogP contribution < -0.4 is 19.5 Å². The molecule has 3 aromatic carbocycles. The number of anilines is 2. The van der Waals surface area contributed by atoms with E-state index in [1.165, 1.54) is 37.5 Å². The Kier molecular flexibility index (Phi) is 7.95. The summed E-state index contributed by atoms with van der Waals surface area (Å²) in [7, 11) is -0.910. The van der Waals surface area contributed by atoms with Crippen molar-refractivity contribution in [2.24, 2.45) is 0 Å². The van der Waals surface area contributed by atoms with Gasteiger partial charge in [0, 0.05) is 18.2 Å². The molecule has 0 unspecified atom stereocenters. The monoisotopic (exact) mass is 468 g/mol. The van der Waals surface area contributed by atoms with Gasteiger partial charge < -0.3 is 14.8 Å². The molecular weight excluding hydrogens is 440 g/mol. The van der Waals surface area contributed by atoms with Gasteiger partial charge in [0.25, 0.3) is 10.0 Å². The second-order valence-electron chi connectivity index (χ2n) is 7.58. The second kappa shape index (κ2) is 10.9. The highest BCUT2D eigenvalue weighted by atomic mass is 32.2. The van der Waals surface area contributed by atoms with E-state index in [0.29, 0.717) is 23.6 Å². The molecule has 0 aromatic heterocycles. The van der Waals surface area contributed by atoms with Crippen LogP contribution in [0.2, 0.25) is 0 Å². The summed E-state index contributed by atoms with van der Waals surface area (Å²) in [6, 6.07) is 19.1. The molecule has 33 heavy (non-hydrogen) atoms. The Labute approximate surface area is 194 Å². The molecule has 0 bridgehead atoms. The van der Waals surface area contributed by atoms with Crippen molar-refractivity contribution in [1.29, 1.82) is 0 Å². The van der Waals surface area contributed by atoms with Crippen LogP contribution >= 0.6 is 0 Å². The molecule has 0 saturated heterocycles. The van der Waals surface area contributed by atoms with Crippen LogP contribution in [0.4, 0.5) is 11.4 Å². The first kappa shape index (κ1) is 24.1. The van der Waals surface area contributed by atoms with Gasteiger partial charge in [0.15, 0.2) is 0 Å². The van der Waals surface area contributed by atoms with Crippen molar-refractivity contribution < 1.29 is 22.7 Å². The Morgan fingerprint density at radius 2 is 1.61 bits per heavy atom. The third kappa shape index (κ3) is 6.73. The first-order valence-corrected chi connectivity index (χ1v) is 12.0. The smallest absolute Gasteiger partial charge is 0.262 e. The number of sulfonamides is 1. The van der Waals surface area contributed by atoms with Gasteiger partial charge in [0.05, 0.1) is 24.8 Å². The largest absolute Gasteiger partial charge is 0.497 e. The molecule has 0 aliphatic heterocycles. The maximum Gasteiger partial charge on any atom is 0.262 e. The maximum absolute atomic E-state index is 12.8. The third-order valence-electron chi connectivity index (χ3n) is 5.09. The summed E-state index contributed by atoms with van der Waals surface area (Å²) >= 11 is 0. The Hall–Kier alpha value is -3.52. The molecule has 0 aliphatic rings. The van der Waals surface area contributed by atoms with E-state index < -0.39 is 10.0 Å². The van der Waals surface area contributed by atoms with Gasteiger partial charge in [-0.05, 0) is 61.7 Å². The lowest BCUT2D eigenvalue weighted by molar-refractivity contribution is -0.116. The predicted octanol–water partition coefficient (Wildman–Crippen LogP) is 4.77. The topological polar surface area (TPSA) is 93.7 Å². The highest BCUT2D eigenvalue weighted by Crippen LogP contribution is 2.31. The lowest BCUT2D eigenvalue weighted by Gasteiger charge is -2.13. The van der Waals surface area contributed by atoms with Gasteiger partial charge >= 0.3 is 0 Å². The van der Waals surface area contributed by atoms with E-state index in [0.717, 1.165) is 12.8 Å². The Balaban J connectivity index is 1.58. The van der Waals surface area contributed by atoms with Gasteiger partial charge in [0.1, 0.15) is 11.5 Å². The van der Waals surface area contributed by atoms with Crippen LogP contribution in [0, 0.1) is 6.92 Å². The molecule has 1 amide bonds. The van der Waals surface area contributed by atoms with E-state index >= 15 is 0 Å². The molecule has 0 aliphatic carbocycles. The van der Waals surface area contributed by atoms with Crippen molar-refractivity contribution in [1.82, 2.24) is 0 Å². The van der Waals surface area contributed by atoms with Crippen LogP contribution in [-0.4, -0.2) is 28.5 Å². The van der Waals surface area contributed by atoms with Gasteiger partial charge in [-0.3, -0.25) is 9.52 Å². The number of benzene rings is 3. The molecule has 0 atom stereocenters. The van der Waals surface area contributed by atoms with Crippen LogP contribution in [0.25, 0.3) is 0 Å². The number of carbonyl (C=O) groups is 1. The van der Waals surface area contributed by atoms with Crippen molar-refractivity contribution >= 4 is 27.3 Å². The fraction of sp³-hybridized carbons (Fsp3) is 0.240. The summed E-state index contributed by atoms with van der Waals surface area (Å²) < 4.78 is 38.5. The molecule has 0 heterocycles. The van der Waals surface area contributed by atoms with Crippen molar-refractivity contribution in [2.75, 3.05) is 24.3 Å². The molecule has 0 spiro atoms. The van der Waals surface area contributed by atoms with Gasteiger partial charge in [-0.15, -0.1) is 0 Å². The molecular formula is C25H28N2O5S. The van der Waals surface area contributed by atoms with Crippen molar-refractivity contribution in [3.8, 4) is 11.5 Å². The molecule has 3 aromatic rings. The number of hydrogen-bond donors (Lipinski definition) is 2. The van der Waals surface area contributed by atoms with Crippen molar-refractivity contribution in [3.05, 3.63) is 77.9 Å². The summed E-state index contributed by atoms with van der Waals surface area (Å²) in [6.45, 7) is 2.04. The molecule has 0 saturated carbocycles. The SMILES string of the molecule is COc1ccc(OC)c(NS(=O)(=O)c2ccc(NC(=O)CCCc3ccc(C)cc3)cc2)c1. The van der Waals surface area contributed by atoms with Crippen LogP contribution in [0.15, 0.2) is 71.6 Å². The maximum atomic E-state index is 12.8. The summed E-state index contributed by atoms with van der Waals surface area (Å²) in [5.74, 6) is 0.750. The number of nitrogens with one attached hydrogen (secondary N) is 2. The zero-order valence-electron chi connectivity index (χ0n) is 18.9. The molecule has 7 nitrogen and oxygen atoms in total.